The Hall–Kier alpha value is -4.12. The third-order valence-electron chi connectivity index (χ3n) is 11.1. The number of unbranched alkanes of at least 4 members (excludes halogenated alkanes) is 10. The lowest BCUT2D eigenvalue weighted by Gasteiger charge is -2.33. The zero-order valence-corrected chi connectivity index (χ0v) is 30.9. The Kier molecular flexibility index (Phi) is 12.9. The summed E-state index contributed by atoms with van der Waals surface area (Å²) in [5.74, 6) is 0. The fraction of sp³-hybridized carbons (Fsp3) is 0.362. The molecule has 1 aliphatic rings. The van der Waals surface area contributed by atoms with Crippen molar-refractivity contribution in [3.63, 3.8) is 0 Å². The first-order chi connectivity index (χ1) is 25.1. The molecule has 0 saturated heterocycles. The van der Waals surface area contributed by atoms with Crippen molar-refractivity contribution in [2.24, 2.45) is 0 Å². The fourth-order valence-corrected chi connectivity index (χ4v) is 8.34. The first-order valence-corrected chi connectivity index (χ1v) is 19.7. The van der Waals surface area contributed by atoms with Crippen LogP contribution in [-0.2, 0) is 5.41 Å². The highest BCUT2D eigenvalue weighted by Gasteiger charge is 2.43. The summed E-state index contributed by atoms with van der Waals surface area (Å²) in [4.78, 5) is 2.31. The van der Waals surface area contributed by atoms with Crippen molar-refractivity contribution >= 4 is 29.6 Å². The van der Waals surface area contributed by atoms with Gasteiger partial charge in [-0.3, -0.25) is 0 Å². The molecular formula is C47H56BNO2. The number of hydrogen-bond acceptors (Lipinski definition) is 3. The number of hydrogen-bond donors (Lipinski definition) is 2. The monoisotopic (exact) mass is 677 g/mol. The van der Waals surface area contributed by atoms with Gasteiger partial charge >= 0.3 is 7.12 Å². The van der Waals surface area contributed by atoms with Crippen molar-refractivity contribution in [3.05, 3.63) is 132 Å². The second-order valence-electron chi connectivity index (χ2n) is 14.6. The van der Waals surface area contributed by atoms with Crippen LogP contribution >= 0.6 is 0 Å². The maximum atomic E-state index is 10.3. The second-order valence-corrected chi connectivity index (χ2v) is 14.6. The van der Waals surface area contributed by atoms with Crippen LogP contribution in [0.3, 0.4) is 0 Å². The highest BCUT2D eigenvalue weighted by atomic mass is 16.4. The van der Waals surface area contributed by atoms with E-state index in [0.717, 1.165) is 29.9 Å². The summed E-state index contributed by atoms with van der Waals surface area (Å²) in [7, 11) is -1.47. The van der Waals surface area contributed by atoms with E-state index >= 15 is 0 Å². The molecule has 0 heterocycles. The fourth-order valence-electron chi connectivity index (χ4n) is 8.34. The molecule has 5 aromatic carbocycles. The lowest BCUT2D eigenvalue weighted by atomic mass is 9.68. The molecule has 0 spiro atoms. The van der Waals surface area contributed by atoms with Gasteiger partial charge in [0.1, 0.15) is 0 Å². The van der Waals surface area contributed by atoms with Gasteiger partial charge in [-0.15, -0.1) is 0 Å². The van der Waals surface area contributed by atoms with Gasteiger partial charge in [0.25, 0.3) is 0 Å². The van der Waals surface area contributed by atoms with Crippen LogP contribution in [0.25, 0.3) is 22.3 Å². The van der Waals surface area contributed by atoms with Gasteiger partial charge in [-0.1, -0.05) is 170 Å². The summed E-state index contributed by atoms with van der Waals surface area (Å²) in [6.07, 6.45) is 17.3. The molecule has 264 valence electrons. The smallest absolute Gasteiger partial charge is 0.423 e. The van der Waals surface area contributed by atoms with Crippen LogP contribution < -0.4 is 10.4 Å². The van der Waals surface area contributed by atoms with E-state index < -0.39 is 7.12 Å². The SMILES string of the molecule is CCCCCCCCC1(CCCCCCCC)c2cc(B(O)O)ccc2-c2ccc(-c3ccc(N(c4ccccc4)c4ccccc4)cc3)cc21. The van der Waals surface area contributed by atoms with Crippen LogP contribution in [0.15, 0.2) is 121 Å². The van der Waals surface area contributed by atoms with Gasteiger partial charge in [0.2, 0.25) is 0 Å². The Morgan fingerprint density at radius 3 is 1.45 bits per heavy atom. The molecule has 5 aromatic rings. The minimum absolute atomic E-state index is 0.140. The Morgan fingerprint density at radius 1 is 0.471 bits per heavy atom. The van der Waals surface area contributed by atoms with Crippen molar-refractivity contribution in [1.29, 1.82) is 0 Å². The number of rotatable bonds is 19. The highest BCUT2D eigenvalue weighted by molar-refractivity contribution is 6.58. The lowest BCUT2D eigenvalue weighted by Crippen LogP contribution is -2.32. The minimum atomic E-state index is -1.47. The Bertz CT molecular complexity index is 1750. The minimum Gasteiger partial charge on any atom is -0.423 e. The maximum absolute atomic E-state index is 10.3. The molecule has 0 saturated carbocycles. The predicted octanol–water partition coefficient (Wildman–Crippen LogP) is 12.3. The second kappa shape index (κ2) is 17.9. The maximum Gasteiger partial charge on any atom is 0.488 e. The summed E-state index contributed by atoms with van der Waals surface area (Å²) in [5, 5.41) is 20.6. The average molecular weight is 678 g/mol. The topological polar surface area (TPSA) is 43.7 Å². The molecule has 0 atom stereocenters. The Balaban J connectivity index is 1.37. The quantitative estimate of drug-likeness (QED) is 0.0675. The number of anilines is 3. The zero-order valence-electron chi connectivity index (χ0n) is 30.9. The van der Waals surface area contributed by atoms with E-state index in [2.05, 4.69) is 134 Å². The van der Waals surface area contributed by atoms with E-state index in [1.165, 1.54) is 110 Å². The summed E-state index contributed by atoms with van der Waals surface area (Å²) < 4.78 is 0. The van der Waals surface area contributed by atoms with E-state index in [0.29, 0.717) is 5.46 Å². The molecular weight excluding hydrogens is 621 g/mol. The summed E-state index contributed by atoms with van der Waals surface area (Å²) in [6, 6.07) is 43.4. The third kappa shape index (κ3) is 8.51. The predicted molar refractivity (Wildman–Crippen MR) is 219 cm³/mol. The molecule has 0 radical (unpaired) electrons. The molecule has 0 fully saturated rings. The molecule has 4 heteroatoms. The lowest BCUT2D eigenvalue weighted by molar-refractivity contribution is 0.397. The van der Waals surface area contributed by atoms with Crippen LogP contribution in [0, 0.1) is 0 Å². The van der Waals surface area contributed by atoms with Crippen LogP contribution in [0.1, 0.15) is 115 Å². The van der Waals surface area contributed by atoms with E-state index in [1.54, 1.807) is 0 Å². The van der Waals surface area contributed by atoms with Crippen LogP contribution in [0.5, 0.6) is 0 Å². The molecule has 51 heavy (non-hydrogen) atoms. The normalized spacial score (nSPS) is 12.8. The van der Waals surface area contributed by atoms with E-state index in [-0.39, 0.29) is 5.41 Å². The summed E-state index contributed by atoms with van der Waals surface area (Å²) >= 11 is 0. The van der Waals surface area contributed by atoms with Crippen molar-refractivity contribution in [1.82, 2.24) is 0 Å². The number of benzene rings is 5. The standard InChI is InChI=1S/C47H56BNO2/c1-3-5-7-9-11-19-33-47(34-20-12-10-8-6-4-2)45-35-38(27-31-43(45)44-32-28-39(48(50)51)36-46(44)47)37-25-29-42(30-26-37)49(40-21-15-13-16-22-40)41-23-17-14-18-24-41/h13-18,21-32,35-36,50-51H,3-12,19-20,33-34H2,1-2H3. The van der Waals surface area contributed by atoms with Gasteiger partial charge in [-0.2, -0.15) is 0 Å². The average Bonchev–Trinajstić information content (AvgIpc) is 3.44. The zero-order chi connectivity index (χ0) is 35.5. The van der Waals surface area contributed by atoms with Gasteiger partial charge < -0.3 is 14.9 Å². The van der Waals surface area contributed by atoms with Crippen LogP contribution in [0.4, 0.5) is 17.1 Å². The summed E-state index contributed by atoms with van der Waals surface area (Å²) in [6.45, 7) is 4.56. The molecule has 0 aliphatic heterocycles. The Morgan fingerprint density at radius 2 is 0.922 bits per heavy atom. The third-order valence-corrected chi connectivity index (χ3v) is 11.1. The summed E-state index contributed by atoms with van der Waals surface area (Å²) in [5.41, 5.74) is 11.6. The van der Waals surface area contributed by atoms with Gasteiger partial charge in [0.05, 0.1) is 0 Å². The molecule has 2 N–H and O–H groups in total. The van der Waals surface area contributed by atoms with Crippen molar-refractivity contribution in [3.8, 4) is 22.3 Å². The van der Waals surface area contributed by atoms with Gasteiger partial charge in [0, 0.05) is 22.5 Å². The highest BCUT2D eigenvalue weighted by Crippen LogP contribution is 2.55. The van der Waals surface area contributed by atoms with E-state index in [9.17, 15) is 10.0 Å². The molecule has 0 aromatic heterocycles. The first-order valence-electron chi connectivity index (χ1n) is 19.7. The molecule has 6 rings (SSSR count). The van der Waals surface area contributed by atoms with E-state index in [1.807, 2.05) is 6.07 Å². The molecule has 0 bridgehead atoms. The van der Waals surface area contributed by atoms with Gasteiger partial charge in [-0.05, 0) is 94.1 Å². The largest absolute Gasteiger partial charge is 0.488 e. The van der Waals surface area contributed by atoms with Gasteiger partial charge in [0.15, 0.2) is 0 Å². The molecule has 0 unspecified atom stereocenters. The van der Waals surface area contributed by atoms with Crippen molar-refractivity contribution in [2.45, 2.75) is 109 Å². The van der Waals surface area contributed by atoms with Gasteiger partial charge in [-0.25, -0.2) is 0 Å². The first kappa shape index (κ1) is 36.7. The Labute approximate surface area is 307 Å². The molecule has 3 nitrogen and oxygen atoms in total. The molecule has 0 amide bonds. The van der Waals surface area contributed by atoms with Crippen LogP contribution in [0.2, 0.25) is 0 Å². The van der Waals surface area contributed by atoms with Crippen molar-refractivity contribution < 1.29 is 10.0 Å². The van der Waals surface area contributed by atoms with Crippen LogP contribution in [-0.4, -0.2) is 17.2 Å². The van der Waals surface area contributed by atoms with Crippen molar-refractivity contribution in [2.75, 3.05) is 4.90 Å². The van der Waals surface area contributed by atoms with E-state index in [4.69, 9.17) is 0 Å². The number of fused-ring (bicyclic) bond motifs is 3. The number of nitrogens with zero attached hydrogens (tertiary/aromatic N) is 1. The number of para-hydroxylation sites is 2. The molecule has 1 aliphatic carbocycles.